The Morgan fingerprint density at radius 1 is 1.06 bits per heavy atom. The zero-order chi connectivity index (χ0) is 25.3. The number of rotatable bonds is 5. The van der Waals surface area contributed by atoms with E-state index in [1.165, 1.54) is 22.6 Å². The van der Waals surface area contributed by atoms with Crippen molar-refractivity contribution in [3.63, 3.8) is 0 Å². The minimum Gasteiger partial charge on any atom is -0.406 e. The summed E-state index contributed by atoms with van der Waals surface area (Å²) in [6, 6.07) is 8.87. The van der Waals surface area contributed by atoms with Crippen molar-refractivity contribution in [1.29, 1.82) is 0 Å². The number of anilines is 2. The van der Waals surface area contributed by atoms with Crippen molar-refractivity contribution < 1.29 is 36.7 Å². The summed E-state index contributed by atoms with van der Waals surface area (Å²) in [5.41, 5.74) is 6.15. The fraction of sp³-hybridized carbons (Fsp3) is 0.227. The SMILES string of the molecule is NC(=O)c1cc(NC(=O)N2C[C@H](F)C[C@H]2C(=O)Nc2cccc(OC(F)(F)F)c2)c2ccccn12. The Bertz CT molecular complexity index is 1290. The van der Waals surface area contributed by atoms with Gasteiger partial charge in [0.05, 0.1) is 17.7 Å². The lowest BCUT2D eigenvalue weighted by Gasteiger charge is -2.24. The van der Waals surface area contributed by atoms with E-state index in [2.05, 4.69) is 15.4 Å². The highest BCUT2D eigenvalue weighted by molar-refractivity contribution is 6.03. The maximum absolute atomic E-state index is 14.2. The van der Waals surface area contributed by atoms with Crippen LogP contribution in [0.15, 0.2) is 54.7 Å². The highest BCUT2D eigenvalue weighted by atomic mass is 19.4. The summed E-state index contributed by atoms with van der Waals surface area (Å²) in [6.07, 6.45) is -5.14. The fourth-order valence-corrected chi connectivity index (χ4v) is 3.88. The molecule has 35 heavy (non-hydrogen) atoms. The molecule has 9 nitrogen and oxygen atoms in total. The number of carbonyl (C=O) groups is 3. The lowest BCUT2D eigenvalue weighted by molar-refractivity contribution is -0.274. The van der Waals surface area contributed by atoms with Crippen molar-refractivity contribution in [2.24, 2.45) is 5.73 Å². The van der Waals surface area contributed by atoms with Crippen molar-refractivity contribution in [3.05, 3.63) is 60.4 Å². The molecule has 3 aromatic rings. The molecule has 0 radical (unpaired) electrons. The minimum atomic E-state index is -4.91. The number of amides is 4. The van der Waals surface area contributed by atoms with Gasteiger partial charge in [0.25, 0.3) is 5.91 Å². The van der Waals surface area contributed by atoms with E-state index in [1.807, 2.05) is 0 Å². The van der Waals surface area contributed by atoms with Crippen LogP contribution in [-0.2, 0) is 4.79 Å². The molecular formula is C22H19F4N5O4. The molecule has 1 fully saturated rings. The summed E-state index contributed by atoms with van der Waals surface area (Å²) in [5, 5.41) is 4.96. The van der Waals surface area contributed by atoms with Gasteiger partial charge in [0.1, 0.15) is 23.7 Å². The summed E-state index contributed by atoms with van der Waals surface area (Å²) in [4.78, 5) is 38.5. The van der Waals surface area contributed by atoms with Gasteiger partial charge in [-0.2, -0.15) is 0 Å². The molecule has 0 saturated carbocycles. The van der Waals surface area contributed by atoms with Crippen LogP contribution in [0.4, 0.5) is 33.7 Å². The molecule has 4 rings (SSSR count). The Kier molecular flexibility index (Phi) is 6.24. The molecule has 4 N–H and O–H groups in total. The number of likely N-dealkylation sites (tertiary alicyclic amines) is 1. The van der Waals surface area contributed by atoms with E-state index in [0.29, 0.717) is 5.52 Å². The molecule has 1 aliphatic heterocycles. The van der Waals surface area contributed by atoms with Crippen molar-refractivity contribution >= 4 is 34.7 Å². The largest absolute Gasteiger partial charge is 0.573 e. The number of aromatic nitrogens is 1. The number of fused-ring (bicyclic) bond motifs is 1. The monoisotopic (exact) mass is 493 g/mol. The number of carbonyl (C=O) groups excluding carboxylic acids is 3. The molecule has 1 aliphatic rings. The van der Waals surface area contributed by atoms with Crippen LogP contribution in [0.1, 0.15) is 16.9 Å². The maximum Gasteiger partial charge on any atom is 0.573 e. The molecule has 0 spiro atoms. The molecule has 0 aliphatic carbocycles. The Hall–Kier alpha value is -4.29. The number of ether oxygens (including phenoxy) is 1. The lowest BCUT2D eigenvalue weighted by atomic mass is 10.2. The first-order valence-electron chi connectivity index (χ1n) is 10.3. The van der Waals surface area contributed by atoms with Gasteiger partial charge in [0.15, 0.2) is 0 Å². The molecule has 184 valence electrons. The molecule has 1 aromatic carbocycles. The summed E-state index contributed by atoms with van der Waals surface area (Å²) >= 11 is 0. The normalized spacial score (nSPS) is 17.9. The third kappa shape index (κ3) is 5.28. The molecule has 13 heteroatoms. The van der Waals surface area contributed by atoms with Crippen LogP contribution in [-0.4, -0.2) is 52.3 Å². The van der Waals surface area contributed by atoms with Crippen molar-refractivity contribution in [1.82, 2.24) is 9.30 Å². The van der Waals surface area contributed by atoms with E-state index in [9.17, 15) is 31.9 Å². The summed E-state index contributed by atoms with van der Waals surface area (Å²) in [7, 11) is 0. The number of nitrogens with two attached hydrogens (primary N) is 1. The quantitative estimate of drug-likeness (QED) is 0.472. The summed E-state index contributed by atoms with van der Waals surface area (Å²) in [6.45, 7) is -0.379. The minimum absolute atomic E-state index is 0.0241. The smallest absolute Gasteiger partial charge is 0.406 e. The van der Waals surface area contributed by atoms with Gasteiger partial charge in [0.2, 0.25) is 5.91 Å². The standard InChI is InChI=1S/C22H19F4N5O4/c23-12-8-18(20(33)28-13-4-3-5-14(9-13)35-22(24,25)26)31(11-12)21(34)29-15-10-17(19(27)32)30-7-2-1-6-16(15)30/h1-7,9-10,12,18H,8,11H2,(H2,27,32)(H,28,33)(H,29,34)/t12-,18+/m1/s1. The first-order valence-corrected chi connectivity index (χ1v) is 10.3. The lowest BCUT2D eigenvalue weighted by Crippen LogP contribution is -2.45. The van der Waals surface area contributed by atoms with E-state index < -0.39 is 42.2 Å². The number of halogens is 4. The highest BCUT2D eigenvalue weighted by Gasteiger charge is 2.40. The number of nitrogens with one attached hydrogen (secondary N) is 2. The van der Waals surface area contributed by atoms with Gasteiger partial charge in [-0.15, -0.1) is 13.2 Å². The van der Waals surface area contributed by atoms with E-state index in [1.54, 1.807) is 24.4 Å². The average molecular weight is 493 g/mol. The van der Waals surface area contributed by atoms with Gasteiger partial charge in [-0.1, -0.05) is 12.1 Å². The Morgan fingerprint density at radius 2 is 1.83 bits per heavy atom. The third-order valence-electron chi connectivity index (χ3n) is 5.32. The molecule has 0 unspecified atom stereocenters. The van der Waals surface area contributed by atoms with Gasteiger partial charge >= 0.3 is 12.4 Å². The van der Waals surface area contributed by atoms with Gasteiger partial charge in [-0.3, -0.25) is 9.59 Å². The second-order valence-corrected chi connectivity index (χ2v) is 7.76. The Labute approximate surface area is 195 Å². The molecule has 2 atom stereocenters. The van der Waals surface area contributed by atoms with Crippen LogP contribution in [0.2, 0.25) is 0 Å². The third-order valence-corrected chi connectivity index (χ3v) is 5.32. The van der Waals surface area contributed by atoms with Gasteiger partial charge < -0.3 is 30.4 Å². The summed E-state index contributed by atoms with van der Waals surface area (Å²) in [5.74, 6) is -2.07. The molecule has 1 saturated heterocycles. The number of hydrogen-bond acceptors (Lipinski definition) is 4. The second-order valence-electron chi connectivity index (χ2n) is 7.76. The van der Waals surface area contributed by atoms with Crippen molar-refractivity contribution in [3.8, 4) is 5.75 Å². The predicted octanol–water partition coefficient (Wildman–Crippen LogP) is 3.52. The van der Waals surface area contributed by atoms with E-state index in [0.717, 1.165) is 17.0 Å². The van der Waals surface area contributed by atoms with Crippen molar-refractivity contribution in [2.45, 2.75) is 25.0 Å². The van der Waals surface area contributed by atoms with Gasteiger partial charge in [-0.05, 0) is 30.3 Å². The van der Waals surface area contributed by atoms with Crippen LogP contribution in [0, 0.1) is 0 Å². The van der Waals surface area contributed by atoms with Gasteiger partial charge in [0, 0.05) is 24.4 Å². The van der Waals surface area contributed by atoms with Crippen LogP contribution in [0.3, 0.4) is 0 Å². The van der Waals surface area contributed by atoms with Crippen LogP contribution in [0.25, 0.3) is 5.52 Å². The molecule has 4 amide bonds. The van der Waals surface area contributed by atoms with Crippen LogP contribution >= 0.6 is 0 Å². The van der Waals surface area contributed by atoms with Crippen LogP contribution in [0.5, 0.6) is 5.75 Å². The number of alkyl halides is 4. The number of benzene rings is 1. The molecule has 0 bridgehead atoms. The number of hydrogen-bond donors (Lipinski definition) is 3. The first kappa shape index (κ1) is 23.9. The van der Waals surface area contributed by atoms with Crippen LogP contribution < -0.4 is 21.1 Å². The second kappa shape index (κ2) is 9.16. The zero-order valence-electron chi connectivity index (χ0n) is 17.9. The molecule has 3 heterocycles. The maximum atomic E-state index is 14.2. The topological polar surface area (TPSA) is 118 Å². The molecule has 2 aromatic heterocycles. The number of nitrogens with zero attached hydrogens (tertiary/aromatic N) is 2. The number of primary amides is 1. The highest BCUT2D eigenvalue weighted by Crippen LogP contribution is 2.28. The first-order chi connectivity index (χ1) is 16.5. The van der Waals surface area contributed by atoms with Crippen molar-refractivity contribution in [2.75, 3.05) is 17.2 Å². The van der Waals surface area contributed by atoms with E-state index in [4.69, 9.17) is 5.73 Å². The number of pyridine rings is 1. The average Bonchev–Trinajstić information content (AvgIpc) is 3.34. The Balaban J connectivity index is 1.51. The predicted molar refractivity (Wildman–Crippen MR) is 117 cm³/mol. The number of urea groups is 1. The van der Waals surface area contributed by atoms with E-state index in [-0.39, 0.29) is 30.0 Å². The molecular weight excluding hydrogens is 474 g/mol. The summed E-state index contributed by atoms with van der Waals surface area (Å²) < 4.78 is 56.9. The van der Waals surface area contributed by atoms with Gasteiger partial charge in [-0.25, -0.2) is 9.18 Å². The van der Waals surface area contributed by atoms with E-state index >= 15 is 0 Å². The zero-order valence-corrected chi connectivity index (χ0v) is 17.9. The fourth-order valence-electron chi connectivity index (χ4n) is 3.88. The Morgan fingerprint density at radius 3 is 2.54 bits per heavy atom.